The lowest BCUT2D eigenvalue weighted by Crippen LogP contribution is -2.39. The zero-order valence-corrected chi connectivity index (χ0v) is 21.5. The fraction of sp³-hybridized carbons (Fsp3) is 0.304. The lowest BCUT2D eigenvalue weighted by molar-refractivity contribution is -0.137. The van der Waals surface area contributed by atoms with Crippen molar-refractivity contribution >= 4 is 46.3 Å². The van der Waals surface area contributed by atoms with Gasteiger partial charge in [0.2, 0.25) is 5.91 Å². The van der Waals surface area contributed by atoms with Crippen LogP contribution >= 0.6 is 23.4 Å². The molecule has 1 aliphatic rings. The molecule has 1 aliphatic heterocycles. The van der Waals surface area contributed by atoms with Gasteiger partial charge in [0.1, 0.15) is 22.8 Å². The van der Waals surface area contributed by atoms with Crippen LogP contribution in [0.1, 0.15) is 16.6 Å². The number of nitrogens with zero attached hydrogens (tertiary/aromatic N) is 6. The first-order valence-electron chi connectivity index (χ1n) is 11.4. The highest BCUT2D eigenvalue weighted by molar-refractivity contribution is 8.01. The van der Waals surface area contributed by atoms with Gasteiger partial charge in [-0.1, -0.05) is 11.6 Å². The Kier molecular flexibility index (Phi) is 7.33. The lowest BCUT2D eigenvalue weighted by Gasteiger charge is -2.17. The highest BCUT2D eigenvalue weighted by atomic mass is 35.5. The topological polar surface area (TPSA) is 151 Å². The van der Waals surface area contributed by atoms with Gasteiger partial charge >= 0.3 is 6.18 Å². The average Bonchev–Trinajstić information content (AvgIpc) is 3.47. The van der Waals surface area contributed by atoms with Crippen molar-refractivity contribution in [3.05, 3.63) is 59.4 Å². The molecule has 1 fully saturated rings. The molecule has 0 unspecified atom stereocenters. The number of thioether (sulfide) groups is 1. The van der Waals surface area contributed by atoms with Gasteiger partial charge < -0.3 is 20.8 Å². The summed E-state index contributed by atoms with van der Waals surface area (Å²) in [4.78, 5) is 33.7. The number of aromatic nitrogens is 6. The Bertz CT molecular complexity index is 1540. The zero-order chi connectivity index (χ0) is 27.9. The van der Waals surface area contributed by atoms with Crippen molar-refractivity contribution < 1.29 is 28.2 Å². The number of fused-ring (bicyclic) bond motifs is 1. The third kappa shape index (κ3) is 5.34. The quantitative estimate of drug-likeness (QED) is 0.268. The fourth-order valence-electron chi connectivity index (χ4n) is 4.06. The van der Waals surface area contributed by atoms with Crippen LogP contribution in [-0.4, -0.2) is 70.1 Å². The summed E-state index contributed by atoms with van der Waals surface area (Å²) >= 11 is 7.14. The summed E-state index contributed by atoms with van der Waals surface area (Å²) in [5.74, 6) is -0.108. The second kappa shape index (κ2) is 10.6. The molecule has 0 radical (unpaired) electrons. The first-order valence-corrected chi connectivity index (χ1v) is 12.7. The summed E-state index contributed by atoms with van der Waals surface area (Å²) in [6.07, 6.45) is -1.84. The second-order valence-electron chi connectivity index (χ2n) is 8.54. The average molecular weight is 581 g/mol. The van der Waals surface area contributed by atoms with Gasteiger partial charge in [-0.25, -0.2) is 15.0 Å². The summed E-state index contributed by atoms with van der Waals surface area (Å²) in [5, 5.41) is 25.2. The van der Waals surface area contributed by atoms with Crippen molar-refractivity contribution in [2.75, 3.05) is 12.4 Å². The van der Waals surface area contributed by atoms with E-state index >= 15 is 0 Å². The van der Waals surface area contributed by atoms with E-state index in [1.165, 1.54) is 30.3 Å². The number of alkyl halides is 3. The molecule has 1 saturated heterocycles. The maximum Gasteiger partial charge on any atom is 0.416 e. The first kappa shape index (κ1) is 27.1. The number of halogens is 4. The van der Waals surface area contributed by atoms with Crippen molar-refractivity contribution in [2.24, 2.45) is 0 Å². The molecule has 0 spiro atoms. The standard InChI is InChI=1S/C23H20ClF3N8O3S/c1-28-21(38)17-15(36)16(37)22(39-17)35-9-32-14-19(31-8-13-5-11(2-3-30-13)23(25,26)27)33-18(34-20(14)35)10-4-12(24)7-29-6-10/h2-7,9,15-17,22,36-37H,8H2,1H3,(H,28,38)(H,31,33,34)/t15-,16+,17-,22+/m0/s1. The number of carbonyl (C=O) groups excluding carboxylic acids is 1. The molecule has 0 aliphatic carbocycles. The largest absolute Gasteiger partial charge is 0.416 e. The zero-order valence-electron chi connectivity index (χ0n) is 20.0. The minimum absolute atomic E-state index is 0.111. The van der Waals surface area contributed by atoms with Crippen LogP contribution in [0.25, 0.3) is 22.6 Å². The molecular weight excluding hydrogens is 561 g/mol. The van der Waals surface area contributed by atoms with E-state index in [-0.39, 0.29) is 35.0 Å². The number of imidazole rings is 1. The van der Waals surface area contributed by atoms with Gasteiger partial charge in [-0.3, -0.25) is 19.3 Å². The predicted molar refractivity (Wildman–Crippen MR) is 137 cm³/mol. The Morgan fingerprint density at radius 1 is 1.18 bits per heavy atom. The number of carbonyl (C=O) groups is 1. The highest BCUT2D eigenvalue weighted by Crippen LogP contribution is 2.43. The molecule has 39 heavy (non-hydrogen) atoms. The minimum Gasteiger partial charge on any atom is -0.389 e. The molecule has 1 amide bonds. The summed E-state index contributed by atoms with van der Waals surface area (Å²) in [6.45, 7) is -0.117. The number of anilines is 1. The second-order valence-corrected chi connectivity index (χ2v) is 10.2. The third-order valence-electron chi connectivity index (χ3n) is 5.98. The van der Waals surface area contributed by atoms with Crippen LogP contribution in [-0.2, 0) is 17.5 Å². The van der Waals surface area contributed by atoms with E-state index in [9.17, 15) is 28.2 Å². The molecule has 4 atom stereocenters. The molecule has 11 nitrogen and oxygen atoms in total. The van der Waals surface area contributed by atoms with Crippen LogP contribution in [0.2, 0.25) is 5.02 Å². The number of rotatable bonds is 6. The van der Waals surface area contributed by atoms with Crippen molar-refractivity contribution in [3.63, 3.8) is 0 Å². The normalized spacial score (nSPS) is 21.3. The molecule has 0 aromatic carbocycles. The number of pyridine rings is 2. The lowest BCUT2D eigenvalue weighted by atomic mass is 10.1. The van der Waals surface area contributed by atoms with Gasteiger partial charge in [-0.15, -0.1) is 11.8 Å². The van der Waals surface area contributed by atoms with Crippen LogP contribution in [0, 0.1) is 0 Å². The Morgan fingerprint density at radius 3 is 2.69 bits per heavy atom. The van der Waals surface area contributed by atoms with Crippen LogP contribution < -0.4 is 10.6 Å². The first-order chi connectivity index (χ1) is 18.6. The van der Waals surface area contributed by atoms with Gasteiger partial charge in [-0.05, 0) is 18.2 Å². The van der Waals surface area contributed by atoms with E-state index < -0.39 is 40.5 Å². The number of amides is 1. The van der Waals surface area contributed by atoms with Crippen molar-refractivity contribution in [1.29, 1.82) is 0 Å². The van der Waals surface area contributed by atoms with E-state index in [4.69, 9.17) is 11.6 Å². The number of hydrogen-bond acceptors (Lipinski definition) is 10. The Labute approximate surface area is 227 Å². The van der Waals surface area contributed by atoms with Crippen LogP contribution in [0.4, 0.5) is 19.0 Å². The van der Waals surface area contributed by atoms with E-state index in [2.05, 4.69) is 35.6 Å². The monoisotopic (exact) mass is 580 g/mol. The number of nitrogens with one attached hydrogen (secondary N) is 2. The SMILES string of the molecule is CNC(=O)[C@H]1S[C@@H](n2cnc3c(NCc4cc(C(F)(F)F)ccn4)nc(-c4cncc(Cl)c4)nc32)[C@H](O)[C@@H]1O. The van der Waals surface area contributed by atoms with Crippen LogP contribution in [0.3, 0.4) is 0 Å². The molecule has 4 aromatic rings. The van der Waals surface area contributed by atoms with Gasteiger partial charge in [0.05, 0.1) is 29.2 Å². The molecule has 4 aromatic heterocycles. The molecule has 5 rings (SSSR count). The minimum atomic E-state index is -4.53. The molecule has 5 heterocycles. The molecule has 16 heteroatoms. The molecule has 0 saturated carbocycles. The Hall–Kier alpha value is -3.53. The Balaban J connectivity index is 1.56. The molecular formula is C23H20ClF3N8O3S. The van der Waals surface area contributed by atoms with Crippen molar-refractivity contribution in [1.82, 2.24) is 34.8 Å². The maximum absolute atomic E-state index is 13.2. The fourth-order valence-corrected chi connectivity index (χ4v) is 5.71. The van der Waals surface area contributed by atoms with Crippen molar-refractivity contribution in [2.45, 2.75) is 35.6 Å². The maximum atomic E-state index is 13.2. The summed E-state index contributed by atoms with van der Waals surface area (Å²) < 4.78 is 41.0. The number of aliphatic hydroxyl groups is 2. The Morgan fingerprint density at radius 2 is 1.97 bits per heavy atom. The van der Waals surface area contributed by atoms with Gasteiger partial charge in [0.15, 0.2) is 22.8 Å². The summed E-state index contributed by atoms with van der Waals surface area (Å²) in [7, 11) is 1.43. The predicted octanol–water partition coefficient (Wildman–Crippen LogP) is 2.65. The molecule has 4 N–H and O–H groups in total. The van der Waals surface area contributed by atoms with Gasteiger partial charge in [-0.2, -0.15) is 13.2 Å². The van der Waals surface area contributed by atoms with Gasteiger partial charge in [0.25, 0.3) is 0 Å². The molecule has 204 valence electrons. The highest BCUT2D eigenvalue weighted by Gasteiger charge is 2.47. The summed E-state index contributed by atoms with van der Waals surface area (Å²) in [6, 6.07) is 3.39. The summed E-state index contributed by atoms with van der Waals surface area (Å²) in [5.41, 5.74) is 0.196. The van der Waals surface area contributed by atoms with Crippen LogP contribution in [0.15, 0.2) is 43.1 Å². The van der Waals surface area contributed by atoms with E-state index in [1.54, 1.807) is 6.07 Å². The third-order valence-corrected chi connectivity index (χ3v) is 7.76. The van der Waals surface area contributed by atoms with E-state index in [0.717, 1.165) is 30.1 Å². The van der Waals surface area contributed by atoms with Gasteiger partial charge in [0, 0.05) is 31.2 Å². The van der Waals surface area contributed by atoms with E-state index in [1.807, 2.05) is 0 Å². The smallest absolute Gasteiger partial charge is 0.389 e. The number of aliphatic hydroxyl groups excluding tert-OH is 2. The number of hydrogen-bond donors (Lipinski definition) is 4. The van der Waals surface area contributed by atoms with Crippen molar-refractivity contribution in [3.8, 4) is 11.4 Å². The molecule has 0 bridgehead atoms. The van der Waals surface area contributed by atoms with Crippen LogP contribution in [0.5, 0.6) is 0 Å². The van der Waals surface area contributed by atoms with E-state index in [0.29, 0.717) is 10.6 Å².